The molecule has 0 fully saturated rings. The van der Waals surface area contributed by atoms with E-state index in [0.29, 0.717) is 5.82 Å². The minimum absolute atomic E-state index is 0.262. The largest absolute Gasteiger partial charge is 0.382 e. The van der Waals surface area contributed by atoms with Gasteiger partial charge in [0.1, 0.15) is 5.82 Å². The van der Waals surface area contributed by atoms with E-state index in [1.165, 1.54) is 0 Å². The highest BCUT2D eigenvalue weighted by Gasteiger charge is 2.15. The SMILES string of the molecule is CN(CC(C)(C)C)c1cn[nH]c1N. The third-order valence-electron chi connectivity index (χ3n) is 1.77. The molecule has 0 unspecified atom stereocenters. The zero-order valence-corrected chi connectivity index (χ0v) is 8.76. The maximum Gasteiger partial charge on any atom is 0.142 e. The molecule has 74 valence electrons. The predicted molar refractivity (Wildman–Crippen MR) is 55.7 cm³/mol. The highest BCUT2D eigenvalue weighted by atomic mass is 15.2. The van der Waals surface area contributed by atoms with Crippen LogP contribution in [-0.2, 0) is 0 Å². The molecule has 4 heteroatoms. The Labute approximate surface area is 79.1 Å². The van der Waals surface area contributed by atoms with Crippen LogP contribution in [0.1, 0.15) is 20.8 Å². The van der Waals surface area contributed by atoms with E-state index in [2.05, 4.69) is 35.9 Å². The van der Waals surface area contributed by atoms with Gasteiger partial charge in [-0.25, -0.2) is 0 Å². The lowest BCUT2D eigenvalue weighted by atomic mass is 9.96. The molecular formula is C9H18N4. The average Bonchev–Trinajstić information content (AvgIpc) is 2.30. The van der Waals surface area contributed by atoms with E-state index in [-0.39, 0.29) is 5.41 Å². The van der Waals surface area contributed by atoms with E-state index in [9.17, 15) is 0 Å². The van der Waals surface area contributed by atoms with Gasteiger partial charge in [-0.3, -0.25) is 5.10 Å². The summed E-state index contributed by atoms with van der Waals surface area (Å²) in [7, 11) is 2.02. The maximum absolute atomic E-state index is 5.70. The zero-order valence-electron chi connectivity index (χ0n) is 8.76. The van der Waals surface area contributed by atoms with Crippen LogP contribution in [0.4, 0.5) is 11.5 Å². The lowest BCUT2D eigenvalue weighted by molar-refractivity contribution is 0.419. The first-order valence-electron chi connectivity index (χ1n) is 4.40. The van der Waals surface area contributed by atoms with E-state index in [1.54, 1.807) is 6.20 Å². The molecule has 0 aliphatic carbocycles. The first kappa shape index (κ1) is 9.89. The van der Waals surface area contributed by atoms with Gasteiger partial charge >= 0.3 is 0 Å². The third-order valence-corrected chi connectivity index (χ3v) is 1.77. The normalized spacial score (nSPS) is 11.7. The Morgan fingerprint density at radius 3 is 2.54 bits per heavy atom. The molecule has 0 atom stereocenters. The van der Waals surface area contributed by atoms with Crippen LogP contribution >= 0.6 is 0 Å². The Balaban J connectivity index is 2.69. The number of H-pyrrole nitrogens is 1. The van der Waals surface area contributed by atoms with Crippen molar-refractivity contribution in [3.8, 4) is 0 Å². The van der Waals surface area contributed by atoms with Crippen LogP contribution in [0, 0.1) is 5.41 Å². The highest BCUT2D eigenvalue weighted by Crippen LogP contribution is 2.23. The second-order valence-corrected chi connectivity index (χ2v) is 4.59. The summed E-state index contributed by atoms with van der Waals surface area (Å²) in [6.45, 7) is 7.54. The summed E-state index contributed by atoms with van der Waals surface area (Å²) < 4.78 is 0. The molecule has 0 aliphatic rings. The number of aromatic amines is 1. The van der Waals surface area contributed by atoms with E-state index in [4.69, 9.17) is 5.73 Å². The van der Waals surface area contributed by atoms with Crippen LogP contribution in [0.2, 0.25) is 0 Å². The number of rotatable bonds is 2. The summed E-state index contributed by atoms with van der Waals surface area (Å²) in [5.41, 5.74) is 6.93. The summed E-state index contributed by atoms with van der Waals surface area (Å²) in [6, 6.07) is 0. The molecule has 0 bridgehead atoms. The highest BCUT2D eigenvalue weighted by molar-refractivity contribution is 5.61. The number of nitrogen functional groups attached to an aromatic ring is 1. The standard InChI is InChI=1S/C9H18N4/c1-9(2,3)6-13(4)7-5-11-12-8(7)10/h5H,6H2,1-4H3,(H3,10,11,12). The topological polar surface area (TPSA) is 57.9 Å². The maximum atomic E-state index is 5.70. The molecule has 13 heavy (non-hydrogen) atoms. The first-order valence-corrected chi connectivity index (χ1v) is 4.40. The van der Waals surface area contributed by atoms with Crippen LogP contribution < -0.4 is 10.6 Å². The Hall–Kier alpha value is -1.19. The van der Waals surface area contributed by atoms with Crippen LogP contribution in [0.5, 0.6) is 0 Å². The molecule has 4 nitrogen and oxygen atoms in total. The molecule has 0 aliphatic heterocycles. The smallest absolute Gasteiger partial charge is 0.142 e. The molecule has 0 radical (unpaired) electrons. The van der Waals surface area contributed by atoms with Gasteiger partial charge in [0.2, 0.25) is 0 Å². The zero-order chi connectivity index (χ0) is 10.1. The van der Waals surface area contributed by atoms with Gasteiger partial charge in [0.05, 0.1) is 11.9 Å². The van der Waals surface area contributed by atoms with Crippen molar-refractivity contribution >= 4 is 11.5 Å². The third kappa shape index (κ3) is 2.65. The Morgan fingerprint density at radius 2 is 2.15 bits per heavy atom. The number of anilines is 2. The number of nitrogens with two attached hydrogens (primary N) is 1. The van der Waals surface area contributed by atoms with E-state index in [1.807, 2.05) is 7.05 Å². The minimum atomic E-state index is 0.262. The molecule has 1 heterocycles. The summed E-state index contributed by atoms with van der Waals surface area (Å²) in [4.78, 5) is 2.11. The Bertz CT molecular complexity index is 271. The molecule has 0 saturated heterocycles. The lowest BCUT2D eigenvalue weighted by Gasteiger charge is -2.27. The summed E-state index contributed by atoms with van der Waals surface area (Å²) in [5, 5.41) is 6.60. The van der Waals surface area contributed by atoms with Gasteiger partial charge in [0.25, 0.3) is 0 Å². The van der Waals surface area contributed by atoms with Crippen molar-refractivity contribution in [2.24, 2.45) is 5.41 Å². The molecule has 1 rings (SSSR count). The number of hydrogen-bond acceptors (Lipinski definition) is 3. The van der Waals surface area contributed by atoms with Crippen LogP contribution in [0.15, 0.2) is 6.20 Å². The summed E-state index contributed by atoms with van der Waals surface area (Å²) >= 11 is 0. The van der Waals surface area contributed by atoms with Gasteiger partial charge in [0.15, 0.2) is 0 Å². The van der Waals surface area contributed by atoms with E-state index in [0.717, 1.165) is 12.2 Å². The van der Waals surface area contributed by atoms with Gasteiger partial charge in [-0.1, -0.05) is 20.8 Å². The van der Waals surface area contributed by atoms with Gasteiger partial charge in [-0.15, -0.1) is 0 Å². The number of nitrogens with zero attached hydrogens (tertiary/aromatic N) is 2. The molecular weight excluding hydrogens is 164 g/mol. The van der Waals surface area contributed by atoms with Gasteiger partial charge in [-0.05, 0) is 5.41 Å². The fraction of sp³-hybridized carbons (Fsp3) is 0.667. The second kappa shape index (κ2) is 3.28. The first-order chi connectivity index (χ1) is 5.90. The van der Waals surface area contributed by atoms with Crippen molar-refractivity contribution in [2.45, 2.75) is 20.8 Å². The monoisotopic (exact) mass is 182 g/mol. The van der Waals surface area contributed by atoms with E-state index >= 15 is 0 Å². The van der Waals surface area contributed by atoms with E-state index < -0.39 is 0 Å². The minimum Gasteiger partial charge on any atom is -0.382 e. The van der Waals surface area contributed by atoms with Crippen molar-refractivity contribution in [1.82, 2.24) is 10.2 Å². The van der Waals surface area contributed by atoms with Crippen LogP contribution in [-0.4, -0.2) is 23.8 Å². The molecule has 1 aromatic rings. The van der Waals surface area contributed by atoms with Crippen molar-refractivity contribution in [3.63, 3.8) is 0 Å². The molecule has 0 saturated carbocycles. The number of hydrogen-bond donors (Lipinski definition) is 2. The average molecular weight is 182 g/mol. The Kier molecular flexibility index (Phi) is 2.50. The van der Waals surface area contributed by atoms with Gasteiger partial charge in [0, 0.05) is 13.6 Å². The van der Waals surface area contributed by atoms with Gasteiger partial charge < -0.3 is 10.6 Å². The molecule has 0 aromatic carbocycles. The lowest BCUT2D eigenvalue weighted by Crippen LogP contribution is -2.29. The molecule has 0 spiro atoms. The number of nitrogens with one attached hydrogen (secondary N) is 1. The van der Waals surface area contributed by atoms with Crippen LogP contribution in [0.3, 0.4) is 0 Å². The van der Waals surface area contributed by atoms with Crippen molar-refractivity contribution in [3.05, 3.63) is 6.20 Å². The van der Waals surface area contributed by atoms with Crippen molar-refractivity contribution in [2.75, 3.05) is 24.2 Å². The summed E-state index contributed by atoms with van der Waals surface area (Å²) in [5.74, 6) is 0.631. The quantitative estimate of drug-likeness (QED) is 0.728. The fourth-order valence-electron chi connectivity index (χ4n) is 1.39. The second-order valence-electron chi connectivity index (χ2n) is 4.59. The van der Waals surface area contributed by atoms with Crippen molar-refractivity contribution < 1.29 is 0 Å². The van der Waals surface area contributed by atoms with Crippen molar-refractivity contribution in [1.29, 1.82) is 0 Å². The Morgan fingerprint density at radius 1 is 1.54 bits per heavy atom. The van der Waals surface area contributed by atoms with Crippen LogP contribution in [0.25, 0.3) is 0 Å². The molecule has 1 aromatic heterocycles. The predicted octanol–water partition coefficient (Wildman–Crippen LogP) is 1.47. The summed E-state index contributed by atoms with van der Waals surface area (Å²) in [6.07, 6.45) is 1.75. The van der Waals surface area contributed by atoms with Gasteiger partial charge in [-0.2, -0.15) is 5.10 Å². The fourth-order valence-corrected chi connectivity index (χ4v) is 1.39. The molecule has 0 amide bonds. The molecule has 3 N–H and O–H groups in total. The number of aromatic nitrogens is 2.